The average Bonchev–Trinajstić information content (AvgIpc) is 2.34. The lowest BCUT2D eigenvalue weighted by molar-refractivity contribution is -0.170. The van der Waals surface area contributed by atoms with Gasteiger partial charge in [-0.25, -0.2) is 0 Å². The fraction of sp³-hybridized carbons (Fsp3) is 0.950. The SMILES string of the molecule is C[C@H](CC[C@@H]1[C@@]2(C)CCCC(C)(C)[C@@H]2CC[C@@]1(C)O)CC(=O)O. The van der Waals surface area contributed by atoms with E-state index in [1.165, 1.54) is 19.3 Å². The molecule has 3 heteroatoms. The number of rotatable bonds is 5. The van der Waals surface area contributed by atoms with Crippen LogP contribution in [-0.2, 0) is 4.79 Å². The van der Waals surface area contributed by atoms with E-state index in [4.69, 9.17) is 5.11 Å². The molecule has 2 aliphatic carbocycles. The van der Waals surface area contributed by atoms with Gasteiger partial charge in [0.05, 0.1) is 5.60 Å². The summed E-state index contributed by atoms with van der Waals surface area (Å²) in [6.45, 7) is 11.2. The van der Waals surface area contributed by atoms with Crippen molar-refractivity contribution in [3.8, 4) is 0 Å². The second-order valence-electron chi connectivity index (χ2n) is 9.63. The van der Waals surface area contributed by atoms with E-state index in [-0.39, 0.29) is 23.7 Å². The molecule has 0 spiro atoms. The smallest absolute Gasteiger partial charge is 0.303 e. The lowest BCUT2D eigenvalue weighted by Gasteiger charge is -2.61. The zero-order valence-electron chi connectivity index (χ0n) is 15.7. The van der Waals surface area contributed by atoms with Crippen LogP contribution in [-0.4, -0.2) is 21.8 Å². The molecule has 5 atom stereocenters. The summed E-state index contributed by atoms with van der Waals surface area (Å²) in [7, 11) is 0. The Morgan fingerprint density at radius 1 is 1.17 bits per heavy atom. The maximum Gasteiger partial charge on any atom is 0.303 e. The Hall–Kier alpha value is -0.570. The Balaban J connectivity index is 2.17. The molecule has 0 unspecified atom stereocenters. The van der Waals surface area contributed by atoms with E-state index in [1.54, 1.807) is 0 Å². The number of hydrogen-bond donors (Lipinski definition) is 2. The van der Waals surface area contributed by atoms with E-state index in [0.717, 1.165) is 25.7 Å². The van der Waals surface area contributed by atoms with Crippen LogP contribution in [0.5, 0.6) is 0 Å². The van der Waals surface area contributed by atoms with Crippen molar-refractivity contribution in [3.05, 3.63) is 0 Å². The molecule has 2 aliphatic rings. The number of fused-ring (bicyclic) bond motifs is 1. The molecule has 0 aromatic carbocycles. The standard InChI is InChI=1S/C20H36O3/c1-14(13-17(21)22)7-8-16-19(4)11-6-10-18(2,3)15(19)9-12-20(16,5)23/h14-16,23H,6-13H2,1-5H3,(H,21,22)/t14-,15+,16-,19+,20-/m1/s1. The minimum atomic E-state index is -0.712. The molecule has 0 heterocycles. The number of carboxylic acid groups (broad SMARTS) is 1. The quantitative estimate of drug-likeness (QED) is 0.758. The molecular formula is C20H36O3. The Morgan fingerprint density at radius 3 is 2.43 bits per heavy atom. The van der Waals surface area contributed by atoms with Crippen LogP contribution in [0.1, 0.15) is 86.0 Å². The first-order chi connectivity index (χ1) is 10.5. The molecule has 23 heavy (non-hydrogen) atoms. The highest BCUT2D eigenvalue weighted by Gasteiger charge is 2.57. The molecule has 134 valence electrons. The lowest BCUT2D eigenvalue weighted by atomic mass is 9.45. The second kappa shape index (κ2) is 6.38. The van der Waals surface area contributed by atoms with Crippen LogP contribution in [0.15, 0.2) is 0 Å². The molecule has 2 rings (SSSR count). The van der Waals surface area contributed by atoms with Gasteiger partial charge in [-0.05, 0) is 74.0 Å². The van der Waals surface area contributed by atoms with Gasteiger partial charge in [-0.1, -0.05) is 34.1 Å². The Labute approximate surface area is 141 Å². The topological polar surface area (TPSA) is 57.5 Å². The van der Waals surface area contributed by atoms with E-state index in [9.17, 15) is 9.90 Å². The van der Waals surface area contributed by atoms with Gasteiger partial charge in [-0.3, -0.25) is 4.79 Å². The molecule has 2 N–H and O–H groups in total. The average molecular weight is 325 g/mol. The third-order valence-electron chi connectivity index (χ3n) is 7.23. The molecule has 0 amide bonds. The van der Waals surface area contributed by atoms with E-state index in [1.807, 2.05) is 13.8 Å². The van der Waals surface area contributed by atoms with E-state index in [0.29, 0.717) is 11.3 Å². The Bertz CT molecular complexity index is 440. The fourth-order valence-electron chi connectivity index (χ4n) is 6.12. The summed E-state index contributed by atoms with van der Waals surface area (Å²) in [5.41, 5.74) is -0.0670. The molecule has 0 radical (unpaired) electrons. The molecule has 2 fully saturated rings. The summed E-state index contributed by atoms with van der Waals surface area (Å²) in [6, 6.07) is 0. The normalized spacial score (nSPS) is 41.1. The Kier molecular flexibility index (Phi) is 5.21. The molecule has 2 saturated carbocycles. The van der Waals surface area contributed by atoms with Crippen LogP contribution < -0.4 is 0 Å². The summed E-state index contributed by atoms with van der Waals surface area (Å²) in [6.07, 6.45) is 7.83. The van der Waals surface area contributed by atoms with Gasteiger partial charge in [0.1, 0.15) is 0 Å². The first-order valence-electron chi connectivity index (χ1n) is 9.43. The number of aliphatic hydroxyl groups is 1. The molecule has 3 nitrogen and oxygen atoms in total. The first-order valence-corrected chi connectivity index (χ1v) is 9.43. The Morgan fingerprint density at radius 2 is 1.83 bits per heavy atom. The van der Waals surface area contributed by atoms with Crippen molar-refractivity contribution in [2.24, 2.45) is 28.6 Å². The summed E-state index contributed by atoms with van der Waals surface area (Å²) < 4.78 is 0. The molecular weight excluding hydrogens is 288 g/mol. The summed E-state index contributed by atoms with van der Waals surface area (Å²) >= 11 is 0. The number of aliphatic carboxylic acids is 1. The summed E-state index contributed by atoms with van der Waals surface area (Å²) in [5, 5.41) is 20.1. The van der Waals surface area contributed by atoms with E-state index in [2.05, 4.69) is 20.8 Å². The van der Waals surface area contributed by atoms with Gasteiger partial charge in [0.2, 0.25) is 0 Å². The van der Waals surface area contributed by atoms with Crippen molar-refractivity contribution in [2.45, 2.75) is 91.6 Å². The summed E-state index contributed by atoms with van der Waals surface area (Å²) in [4.78, 5) is 10.9. The van der Waals surface area contributed by atoms with Gasteiger partial charge in [0, 0.05) is 6.42 Å². The van der Waals surface area contributed by atoms with Gasteiger partial charge in [-0.2, -0.15) is 0 Å². The predicted octanol–water partition coefficient (Wildman–Crippen LogP) is 4.87. The van der Waals surface area contributed by atoms with Crippen LogP contribution in [0.25, 0.3) is 0 Å². The highest BCUT2D eigenvalue weighted by atomic mass is 16.4. The van der Waals surface area contributed by atoms with Gasteiger partial charge < -0.3 is 10.2 Å². The maximum atomic E-state index is 11.1. The van der Waals surface area contributed by atoms with Crippen LogP contribution >= 0.6 is 0 Å². The predicted molar refractivity (Wildman–Crippen MR) is 93.2 cm³/mol. The van der Waals surface area contributed by atoms with Crippen molar-refractivity contribution in [1.29, 1.82) is 0 Å². The van der Waals surface area contributed by atoms with Crippen LogP contribution in [0.2, 0.25) is 0 Å². The van der Waals surface area contributed by atoms with E-state index >= 15 is 0 Å². The van der Waals surface area contributed by atoms with Crippen LogP contribution in [0, 0.1) is 28.6 Å². The molecule has 0 saturated heterocycles. The number of carboxylic acids is 1. The first kappa shape index (κ1) is 18.8. The van der Waals surface area contributed by atoms with Crippen molar-refractivity contribution >= 4 is 5.97 Å². The molecule has 0 aromatic heterocycles. The zero-order chi connectivity index (χ0) is 17.5. The molecule has 0 aromatic rings. The lowest BCUT2D eigenvalue weighted by Crippen LogP contribution is -2.57. The minimum absolute atomic E-state index is 0.184. The number of hydrogen-bond acceptors (Lipinski definition) is 2. The second-order valence-corrected chi connectivity index (χ2v) is 9.63. The molecule has 0 bridgehead atoms. The summed E-state index contributed by atoms with van der Waals surface area (Å²) in [5.74, 6) is 0.424. The third-order valence-corrected chi connectivity index (χ3v) is 7.23. The highest BCUT2D eigenvalue weighted by molar-refractivity contribution is 5.66. The van der Waals surface area contributed by atoms with Crippen LogP contribution in [0.3, 0.4) is 0 Å². The maximum absolute atomic E-state index is 11.1. The van der Waals surface area contributed by atoms with Gasteiger partial charge in [0.15, 0.2) is 0 Å². The van der Waals surface area contributed by atoms with Crippen molar-refractivity contribution in [2.75, 3.05) is 0 Å². The van der Waals surface area contributed by atoms with Crippen molar-refractivity contribution < 1.29 is 15.0 Å². The molecule has 0 aliphatic heterocycles. The van der Waals surface area contributed by atoms with Gasteiger partial charge >= 0.3 is 5.97 Å². The van der Waals surface area contributed by atoms with Gasteiger partial charge in [-0.15, -0.1) is 0 Å². The van der Waals surface area contributed by atoms with Crippen molar-refractivity contribution in [1.82, 2.24) is 0 Å². The van der Waals surface area contributed by atoms with Crippen molar-refractivity contribution in [3.63, 3.8) is 0 Å². The number of carbonyl (C=O) groups is 1. The fourth-order valence-corrected chi connectivity index (χ4v) is 6.12. The van der Waals surface area contributed by atoms with Gasteiger partial charge in [0.25, 0.3) is 0 Å². The van der Waals surface area contributed by atoms with Crippen LogP contribution in [0.4, 0.5) is 0 Å². The third kappa shape index (κ3) is 3.75. The largest absolute Gasteiger partial charge is 0.481 e. The highest BCUT2D eigenvalue weighted by Crippen LogP contribution is 2.63. The zero-order valence-corrected chi connectivity index (χ0v) is 15.7. The van der Waals surface area contributed by atoms with E-state index < -0.39 is 11.6 Å². The minimum Gasteiger partial charge on any atom is -0.481 e. The monoisotopic (exact) mass is 324 g/mol.